The highest BCUT2D eigenvalue weighted by atomic mass is 14.8. The fraction of sp³-hybridized carbons (Fsp3) is 0. The fourth-order valence-corrected chi connectivity index (χ4v) is 4.70. The SMILES string of the molecule is C1=Cc2nc1cc1ccc([nH]1)c(-c1cccnc1)c1ccc(cc3nc(c2-c2cccnc2)C=C3)[nH]1. The third-order valence-corrected chi connectivity index (χ3v) is 6.30. The molecule has 36 heavy (non-hydrogen) atoms. The molecule has 0 amide bonds. The van der Waals surface area contributed by atoms with Gasteiger partial charge in [0.2, 0.25) is 0 Å². The summed E-state index contributed by atoms with van der Waals surface area (Å²) in [4.78, 5) is 25.7. The topological polar surface area (TPSA) is 83.1 Å². The van der Waals surface area contributed by atoms with E-state index >= 15 is 0 Å². The number of aromatic nitrogens is 6. The van der Waals surface area contributed by atoms with Crippen molar-refractivity contribution in [2.45, 2.75) is 0 Å². The van der Waals surface area contributed by atoms with Crippen molar-refractivity contribution in [2.75, 3.05) is 0 Å². The van der Waals surface area contributed by atoms with E-state index in [1.807, 2.05) is 54.9 Å². The number of rotatable bonds is 2. The Bertz CT molecular complexity index is 1730. The van der Waals surface area contributed by atoms with E-state index in [1.165, 1.54) is 0 Å². The molecule has 0 unspecified atom stereocenters. The zero-order valence-electron chi connectivity index (χ0n) is 19.2. The van der Waals surface area contributed by atoms with Crippen LogP contribution in [0.15, 0.2) is 85.5 Å². The van der Waals surface area contributed by atoms with Gasteiger partial charge in [-0.15, -0.1) is 0 Å². The lowest BCUT2D eigenvalue weighted by molar-refractivity contribution is 1.26. The number of H-pyrrole nitrogens is 2. The van der Waals surface area contributed by atoms with Gasteiger partial charge >= 0.3 is 0 Å². The molecular formula is C30H20N6. The molecule has 2 aliphatic rings. The van der Waals surface area contributed by atoms with Crippen molar-refractivity contribution in [3.05, 3.63) is 108 Å². The minimum absolute atomic E-state index is 0.863. The van der Waals surface area contributed by atoms with Crippen molar-refractivity contribution in [2.24, 2.45) is 0 Å². The van der Waals surface area contributed by atoms with Crippen LogP contribution in [0.4, 0.5) is 0 Å². The number of pyridine rings is 2. The lowest BCUT2D eigenvalue weighted by atomic mass is 10.0. The molecule has 0 atom stereocenters. The summed E-state index contributed by atoms with van der Waals surface area (Å²) in [7, 11) is 0. The average molecular weight is 465 g/mol. The van der Waals surface area contributed by atoms with Gasteiger partial charge in [0.15, 0.2) is 0 Å². The van der Waals surface area contributed by atoms with E-state index in [0.29, 0.717) is 0 Å². The highest BCUT2D eigenvalue weighted by molar-refractivity contribution is 5.94. The molecule has 0 aromatic carbocycles. The van der Waals surface area contributed by atoms with Crippen molar-refractivity contribution in [3.8, 4) is 22.3 Å². The highest BCUT2D eigenvalue weighted by Crippen LogP contribution is 2.31. The minimum Gasteiger partial charge on any atom is -0.355 e. The molecule has 0 aliphatic carbocycles. The van der Waals surface area contributed by atoms with E-state index in [2.05, 4.69) is 62.4 Å². The number of fused-ring (bicyclic) bond motifs is 8. The maximum atomic E-state index is 4.94. The molecule has 7 heterocycles. The van der Waals surface area contributed by atoms with Crippen LogP contribution in [0.3, 0.4) is 0 Å². The van der Waals surface area contributed by atoms with Crippen LogP contribution in [0.25, 0.3) is 68.6 Å². The van der Waals surface area contributed by atoms with Crippen LogP contribution >= 0.6 is 0 Å². The van der Waals surface area contributed by atoms with Gasteiger partial charge in [-0.1, -0.05) is 12.1 Å². The van der Waals surface area contributed by atoms with Crippen molar-refractivity contribution in [1.29, 1.82) is 0 Å². The van der Waals surface area contributed by atoms with Gasteiger partial charge in [-0.25, -0.2) is 9.97 Å². The number of nitrogens with one attached hydrogen (secondary N) is 2. The molecule has 6 nitrogen and oxygen atoms in total. The Morgan fingerprint density at radius 2 is 1.06 bits per heavy atom. The molecule has 2 N–H and O–H groups in total. The normalized spacial score (nSPS) is 12.2. The van der Waals surface area contributed by atoms with Crippen molar-refractivity contribution in [3.63, 3.8) is 0 Å². The summed E-state index contributed by atoms with van der Waals surface area (Å²) < 4.78 is 0. The molecule has 2 aliphatic heterocycles. The number of hydrogen-bond donors (Lipinski definition) is 2. The van der Waals surface area contributed by atoms with Gasteiger partial charge in [0.25, 0.3) is 0 Å². The predicted molar refractivity (Wildman–Crippen MR) is 145 cm³/mol. The number of aromatic amines is 2. The zero-order valence-corrected chi connectivity index (χ0v) is 19.2. The van der Waals surface area contributed by atoms with E-state index < -0.39 is 0 Å². The standard InChI is InChI=1S/C30H20N6/c1-3-19(17-31-13-1)29-25-9-5-21(33-25)15-23-7-11-27(35-23)30(20-4-2-14-32-18-20)28-12-8-24(36-28)16-22-6-10-26(29)34-22/h1-18,33-34H. The molecular weight excluding hydrogens is 444 g/mol. The van der Waals surface area contributed by atoms with Crippen LogP contribution in [0.5, 0.6) is 0 Å². The second-order valence-corrected chi connectivity index (χ2v) is 8.69. The van der Waals surface area contributed by atoms with Gasteiger partial charge in [-0.05, 0) is 72.8 Å². The summed E-state index contributed by atoms with van der Waals surface area (Å²) in [5.74, 6) is 0. The van der Waals surface area contributed by atoms with Crippen LogP contribution in [-0.4, -0.2) is 29.9 Å². The lowest BCUT2D eigenvalue weighted by Gasteiger charge is -2.03. The van der Waals surface area contributed by atoms with E-state index in [-0.39, 0.29) is 0 Å². The number of hydrogen-bond acceptors (Lipinski definition) is 4. The first-order valence-corrected chi connectivity index (χ1v) is 11.7. The second kappa shape index (κ2) is 8.29. The van der Waals surface area contributed by atoms with Crippen molar-refractivity contribution in [1.82, 2.24) is 29.9 Å². The summed E-state index contributed by atoms with van der Waals surface area (Å²) in [5, 5.41) is 0. The molecule has 0 radical (unpaired) electrons. The van der Waals surface area contributed by atoms with Crippen molar-refractivity contribution >= 4 is 46.4 Å². The third kappa shape index (κ3) is 3.61. The first-order chi connectivity index (χ1) is 17.8. The van der Waals surface area contributed by atoms with Gasteiger partial charge < -0.3 is 9.97 Å². The quantitative estimate of drug-likeness (QED) is 0.295. The summed E-state index contributed by atoms with van der Waals surface area (Å²) in [6, 6.07) is 20.4. The smallest absolute Gasteiger partial charge is 0.0738 e. The maximum Gasteiger partial charge on any atom is 0.0738 e. The largest absolute Gasteiger partial charge is 0.355 e. The van der Waals surface area contributed by atoms with Crippen LogP contribution in [0, 0.1) is 0 Å². The van der Waals surface area contributed by atoms with Gasteiger partial charge in [0, 0.05) is 69.1 Å². The summed E-state index contributed by atoms with van der Waals surface area (Å²) in [6.45, 7) is 0. The van der Waals surface area contributed by atoms with E-state index in [9.17, 15) is 0 Å². The highest BCUT2D eigenvalue weighted by Gasteiger charge is 2.14. The average Bonchev–Trinajstić information content (AvgIpc) is 3.72. The van der Waals surface area contributed by atoms with E-state index in [4.69, 9.17) is 9.97 Å². The van der Waals surface area contributed by atoms with Gasteiger partial charge in [-0.3, -0.25) is 9.97 Å². The molecule has 0 saturated heterocycles. The monoisotopic (exact) mass is 464 g/mol. The Kier molecular flexibility index (Phi) is 4.67. The summed E-state index contributed by atoms with van der Waals surface area (Å²) in [6.07, 6.45) is 15.4. The van der Waals surface area contributed by atoms with Crippen LogP contribution in [0.2, 0.25) is 0 Å². The van der Waals surface area contributed by atoms with E-state index in [0.717, 1.165) is 67.1 Å². The van der Waals surface area contributed by atoms with Crippen LogP contribution < -0.4 is 0 Å². The Hall–Kier alpha value is -5.10. The Morgan fingerprint density at radius 3 is 1.56 bits per heavy atom. The Morgan fingerprint density at radius 1 is 0.528 bits per heavy atom. The Labute approximate surface area is 206 Å². The van der Waals surface area contributed by atoms with E-state index in [1.54, 1.807) is 12.4 Å². The van der Waals surface area contributed by atoms with Crippen molar-refractivity contribution < 1.29 is 0 Å². The van der Waals surface area contributed by atoms with Crippen LogP contribution in [-0.2, 0) is 0 Å². The van der Waals surface area contributed by atoms with Gasteiger partial charge in [0.05, 0.1) is 22.8 Å². The summed E-state index contributed by atoms with van der Waals surface area (Å²) >= 11 is 0. The molecule has 0 spiro atoms. The Balaban J connectivity index is 1.58. The molecule has 0 saturated carbocycles. The molecule has 0 fully saturated rings. The predicted octanol–water partition coefficient (Wildman–Crippen LogP) is 6.78. The molecule has 5 aromatic rings. The minimum atomic E-state index is 0.863. The molecule has 7 rings (SSSR count). The zero-order chi connectivity index (χ0) is 23.9. The first-order valence-electron chi connectivity index (χ1n) is 11.7. The third-order valence-electron chi connectivity index (χ3n) is 6.30. The molecule has 6 heteroatoms. The van der Waals surface area contributed by atoms with Gasteiger partial charge in [-0.2, -0.15) is 0 Å². The van der Waals surface area contributed by atoms with Gasteiger partial charge in [0.1, 0.15) is 0 Å². The molecule has 8 bridgehead atoms. The van der Waals surface area contributed by atoms with Crippen LogP contribution in [0.1, 0.15) is 22.8 Å². The summed E-state index contributed by atoms with van der Waals surface area (Å²) in [5.41, 5.74) is 11.4. The maximum absolute atomic E-state index is 4.94. The lowest BCUT2D eigenvalue weighted by Crippen LogP contribution is -1.89. The number of nitrogens with zero attached hydrogens (tertiary/aromatic N) is 4. The fourth-order valence-electron chi connectivity index (χ4n) is 4.70. The molecule has 170 valence electrons. The second-order valence-electron chi connectivity index (χ2n) is 8.69. The first kappa shape index (κ1) is 20.3. The molecule has 5 aromatic heterocycles.